The third-order valence-corrected chi connectivity index (χ3v) is 5.31. The summed E-state index contributed by atoms with van der Waals surface area (Å²) in [4.78, 5) is 7.35. The van der Waals surface area contributed by atoms with Gasteiger partial charge in [-0.3, -0.25) is 9.89 Å². The van der Waals surface area contributed by atoms with E-state index in [0.29, 0.717) is 18.1 Å². The van der Waals surface area contributed by atoms with E-state index in [1.54, 1.807) is 0 Å². The first-order chi connectivity index (χ1) is 13.0. The molecule has 1 aliphatic rings. The van der Waals surface area contributed by atoms with Gasteiger partial charge >= 0.3 is 0 Å². The zero-order valence-electron chi connectivity index (χ0n) is 17.9. The molecule has 0 saturated heterocycles. The molecule has 1 aromatic rings. The molecule has 0 radical (unpaired) electrons. The van der Waals surface area contributed by atoms with Gasteiger partial charge in [0, 0.05) is 44.2 Å². The molecule has 2 N–H and O–H groups in total. The van der Waals surface area contributed by atoms with Crippen LogP contribution in [0.3, 0.4) is 0 Å². The second-order valence-corrected chi connectivity index (χ2v) is 8.00. The largest absolute Gasteiger partial charge is 0.355 e. The second-order valence-electron chi connectivity index (χ2n) is 8.00. The molecule has 1 fully saturated rings. The Bertz CT molecular complexity index is 550. The van der Waals surface area contributed by atoms with Crippen LogP contribution in [-0.4, -0.2) is 63.4 Å². The van der Waals surface area contributed by atoms with Crippen molar-refractivity contribution in [3.8, 4) is 0 Å². The minimum absolute atomic E-state index is 0.542. The van der Waals surface area contributed by atoms with Crippen molar-refractivity contribution in [2.24, 2.45) is 4.99 Å². The fourth-order valence-corrected chi connectivity index (χ4v) is 3.84. The minimum Gasteiger partial charge on any atom is -0.355 e. The summed E-state index contributed by atoms with van der Waals surface area (Å²) in [5.74, 6) is 1.98. The smallest absolute Gasteiger partial charge is 0.191 e. The molecule has 0 atom stereocenters. The predicted molar refractivity (Wildman–Crippen MR) is 112 cm³/mol. The molecule has 1 saturated carbocycles. The number of aromatic nitrogens is 3. The number of guanidine groups is 1. The van der Waals surface area contributed by atoms with E-state index in [1.807, 2.05) is 6.33 Å². The number of aliphatic imine (C=N–C) groups is 1. The van der Waals surface area contributed by atoms with Gasteiger partial charge in [-0.15, -0.1) is 10.2 Å². The number of nitrogens with zero attached hydrogens (tertiary/aromatic N) is 5. The third-order valence-electron chi connectivity index (χ3n) is 5.31. The quantitative estimate of drug-likeness (QED) is 0.484. The van der Waals surface area contributed by atoms with Gasteiger partial charge in [0.2, 0.25) is 0 Å². The van der Waals surface area contributed by atoms with Crippen LogP contribution in [0.15, 0.2) is 11.3 Å². The highest BCUT2D eigenvalue weighted by atomic mass is 15.3. The van der Waals surface area contributed by atoms with E-state index in [9.17, 15) is 0 Å². The van der Waals surface area contributed by atoms with Crippen molar-refractivity contribution >= 4 is 5.96 Å². The van der Waals surface area contributed by atoms with Gasteiger partial charge in [0.15, 0.2) is 5.96 Å². The SMILES string of the molecule is CCc1nncn1CCNC(=NCCN(C(C)C)C(C)C)NC1CCCC1. The molecule has 154 valence electrons. The second kappa shape index (κ2) is 11.3. The Labute approximate surface area is 165 Å². The van der Waals surface area contributed by atoms with E-state index in [0.717, 1.165) is 44.4 Å². The van der Waals surface area contributed by atoms with Gasteiger partial charge in [-0.2, -0.15) is 0 Å². The molecular weight excluding hydrogens is 338 g/mol. The number of hydrogen-bond acceptors (Lipinski definition) is 4. The van der Waals surface area contributed by atoms with Crippen molar-refractivity contribution in [1.29, 1.82) is 0 Å². The van der Waals surface area contributed by atoms with Gasteiger partial charge in [0.25, 0.3) is 0 Å². The first kappa shape index (κ1) is 21.7. The van der Waals surface area contributed by atoms with Crippen LogP contribution >= 0.6 is 0 Å². The molecule has 2 rings (SSSR count). The van der Waals surface area contributed by atoms with Crippen LogP contribution < -0.4 is 10.6 Å². The first-order valence-corrected chi connectivity index (χ1v) is 10.7. The van der Waals surface area contributed by atoms with Crippen LogP contribution in [-0.2, 0) is 13.0 Å². The summed E-state index contributed by atoms with van der Waals surface area (Å²) in [6.45, 7) is 14.6. The van der Waals surface area contributed by atoms with Crippen molar-refractivity contribution in [1.82, 2.24) is 30.3 Å². The van der Waals surface area contributed by atoms with Crippen molar-refractivity contribution in [2.45, 2.75) is 91.4 Å². The molecule has 0 amide bonds. The highest BCUT2D eigenvalue weighted by Gasteiger charge is 2.17. The summed E-state index contributed by atoms with van der Waals surface area (Å²) in [5, 5.41) is 15.3. The van der Waals surface area contributed by atoms with E-state index in [4.69, 9.17) is 4.99 Å². The Morgan fingerprint density at radius 2 is 1.96 bits per heavy atom. The Balaban J connectivity index is 1.89. The van der Waals surface area contributed by atoms with Gasteiger partial charge in [-0.25, -0.2) is 0 Å². The van der Waals surface area contributed by atoms with Crippen molar-refractivity contribution in [3.63, 3.8) is 0 Å². The van der Waals surface area contributed by atoms with Gasteiger partial charge < -0.3 is 15.2 Å². The standard InChI is InChI=1S/C20H39N7/c1-6-19-25-23-15-26(19)13-11-21-20(24-18-9-7-8-10-18)22-12-14-27(16(2)3)17(4)5/h15-18H,6-14H2,1-5H3,(H2,21,22,24). The van der Waals surface area contributed by atoms with E-state index in [-0.39, 0.29) is 0 Å². The maximum Gasteiger partial charge on any atom is 0.191 e. The molecule has 1 heterocycles. The summed E-state index contributed by atoms with van der Waals surface area (Å²) in [5.41, 5.74) is 0. The molecule has 1 aliphatic carbocycles. The highest BCUT2D eigenvalue weighted by molar-refractivity contribution is 5.80. The number of hydrogen-bond donors (Lipinski definition) is 2. The van der Waals surface area contributed by atoms with E-state index in [2.05, 4.69) is 64.9 Å². The molecule has 0 spiro atoms. The van der Waals surface area contributed by atoms with Crippen molar-refractivity contribution < 1.29 is 0 Å². The molecule has 7 nitrogen and oxygen atoms in total. The fourth-order valence-electron chi connectivity index (χ4n) is 3.84. The van der Waals surface area contributed by atoms with Crippen LogP contribution in [0.25, 0.3) is 0 Å². The van der Waals surface area contributed by atoms with Gasteiger partial charge in [-0.05, 0) is 40.5 Å². The van der Waals surface area contributed by atoms with E-state index >= 15 is 0 Å². The monoisotopic (exact) mass is 377 g/mol. The average Bonchev–Trinajstić information content (AvgIpc) is 3.29. The van der Waals surface area contributed by atoms with Crippen LogP contribution in [0.1, 0.15) is 66.1 Å². The summed E-state index contributed by atoms with van der Waals surface area (Å²) in [7, 11) is 0. The summed E-state index contributed by atoms with van der Waals surface area (Å²) >= 11 is 0. The summed E-state index contributed by atoms with van der Waals surface area (Å²) in [6, 6.07) is 1.64. The Hall–Kier alpha value is -1.63. The molecule has 0 bridgehead atoms. The zero-order valence-corrected chi connectivity index (χ0v) is 17.9. The molecule has 1 aromatic heterocycles. The Morgan fingerprint density at radius 3 is 2.59 bits per heavy atom. The summed E-state index contributed by atoms with van der Waals surface area (Å²) < 4.78 is 2.11. The minimum atomic E-state index is 0.542. The van der Waals surface area contributed by atoms with Crippen LogP contribution in [0, 0.1) is 0 Å². The third kappa shape index (κ3) is 7.13. The molecule has 7 heteroatoms. The average molecular weight is 378 g/mol. The van der Waals surface area contributed by atoms with Crippen molar-refractivity contribution in [2.75, 3.05) is 19.6 Å². The van der Waals surface area contributed by atoms with Crippen LogP contribution in [0.4, 0.5) is 0 Å². The Morgan fingerprint density at radius 1 is 1.26 bits per heavy atom. The van der Waals surface area contributed by atoms with E-state index in [1.165, 1.54) is 25.7 Å². The number of rotatable bonds is 10. The van der Waals surface area contributed by atoms with Gasteiger partial charge in [0.1, 0.15) is 12.2 Å². The molecule has 27 heavy (non-hydrogen) atoms. The van der Waals surface area contributed by atoms with E-state index < -0.39 is 0 Å². The molecule has 0 aromatic carbocycles. The lowest BCUT2D eigenvalue weighted by Gasteiger charge is -2.30. The van der Waals surface area contributed by atoms with Gasteiger partial charge in [0.05, 0.1) is 6.54 Å². The van der Waals surface area contributed by atoms with Crippen LogP contribution in [0.2, 0.25) is 0 Å². The lowest BCUT2D eigenvalue weighted by molar-refractivity contribution is 0.181. The lowest BCUT2D eigenvalue weighted by Crippen LogP contribution is -2.44. The number of aryl methyl sites for hydroxylation is 1. The predicted octanol–water partition coefficient (Wildman–Crippen LogP) is 2.44. The maximum atomic E-state index is 4.87. The van der Waals surface area contributed by atoms with Gasteiger partial charge in [-0.1, -0.05) is 19.8 Å². The zero-order chi connectivity index (χ0) is 19.6. The van der Waals surface area contributed by atoms with Crippen LogP contribution in [0.5, 0.6) is 0 Å². The fraction of sp³-hybridized carbons (Fsp3) is 0.850. The van der Waals surface area contributed by atoms with Crippen molar-refractivity contribution in [3.05, 3.63) is 12.2 Å². The first-order valence-electron chi connectivity index (χ1n) is 10.7. The molecular formula is C20H39N7. The summed E-state index contributed by atoms with van der Waals surface area (Å²) in [6.07, 6.45) is 7.85. The topological polar surface area (TPSA) is 70.4 Å². The normalized spacial score (nSPS) is 16.1. The lowest BCUT2D eigenvalue weighted by atomic mass is 10.2. The number of nitrogens with one attached hydrogen (secondary N) is 2. The molecule has 0 unspecified atom stereocenters. The molecule has 0 aliphatic heterocycles. The maximum absolute atomic E-state index is 4.87. The highest BCUT2D eigenvalue weighted by Crippen LogP contribution is 2.17. The Kier molecular flexibility index (Phi) is 9.04.